The zero-order valence-corrected chi connectivity index (χ0v) is 15.1. The summed E-state index contributed by atoms with van der Waals surface area (Å²) in [6, 6.07) is 9.88. The van der Waals surface area contributed by atoms with Gasteiger partial charge in [-0.2, -0.15) is 13.2 Å². The van der Waals surface area contributed by atoms with E-state index in [-0.39, 0.29) is 6.61 Å². The van der Waals surface area contributed by atoms with Gasteiger partial charge in [-0.15, -0.1) is 0 Å². The number of halogens is 3. The molecular weight excluding hydrogens is 389 g/mol. The van der Waals surface area contributed by atoms with Crippen LogP contribution in [0.25, 0.3) is 10.9 Å². The molecule has 0 atom stereocenters. The first kappa shape index (κ1) is 20.2. The van der Waals surface area contributed by atoms with Crippen LogP contribution in [0.5, 0.6) is 5.75 Å². The Balaban J connectivity index is 1.55. The normalized spacial score (nSPS) is 11.8. The topological polar surface area (TPSA) is 83.9 Å². The van der Waals surface area contributed by atoms with Crippen LogP contribution in [0.2, 0.25) is 0 Å². The number of hydrogen-bond acceptors (Lipinski definition) is 4. The molecule has 0 saturated heterocycles. The molecule has 0 spiro atoms. The molecule has 3 rings (SSSR count). The van der Waals surface area contributed by atoms with Gasteiger partial charge in [0.2, 0.25) is 0 Å². The molecule has 0 aliphatic heterocycles. The number of benzene rings is 2. The lowest BCUT2D eigenvalue weighted by Crippen LogP contribution is -2.09. The zero-order valence-electron chi connectivity index (χ0n) is 15.1. The molecule has 3 aromatic rings. The first-order chi connectivity index (χ1) is 13.8. The average molecular weight is 406 g/mol. The van der Waals surface area contributed by atoms with Crippen molar-refractivity contribution in [1.29, 1.82) is 0 Å². The lowest BCUT2D eigenvalue weighted by atomic mass is 10.1. The third-order valence-corrected chi connectivity index (χ3v) is 4.07. The van der Waals surface area contributed by atoms with Crippen molar-refractivity contribution in [2.45, 2.75) is 19.2 Å². The van der Waals surface area contributed by atoms with Gasteiger partial charge in [-0.1, -0.05) is 17.3 Å². The SMILES string of the molecule is O=C(O)COc1ccc2[nH]cc(CC=NOCc3ccc(C(F)(F)F)cc3)c2c1. The summed E-state index contributed by atoms with van der Waals surface area (Å²) in [4.78, 5) is 18.8. The molecule has 0 aliphatic rings. The maximum Gasteiger partial charge on any atom is 0.416 e. The van der Waals surface area contributed by atoms with Gasteiger partial charge >= 0.3 is 12.1 Å². The number of carbonyl (C=O) groups is 1. The highest BCUT2D eigenvalue weighted by molar-refractivity contribution is 5.86. The highest BCUT2D eigenvalue weighted by atomic mass is 19.4. The first-order valence-corrected chi connectivity index (χ1v) is 8.57. The van der Waals surface area contributed by atoms with Crippen LogP contribution < -0.4 is 4.74 Å². The molecular formula is C20H17F3N2O4. The van der Waals surface area contributed by atoms with Gasteiger partial charge in [-0.05, 0) is 41.5 Å². The first-order valence-electron chi connectivity index (χ1n) is 8.57. The summed E-state index contributed by atoms with van der Waals surface area (Å²) in [5.41, 5.74) is 1.63. The number of fused-ring (bicyclic) bond motifs is 1. The fraction of sp³-hybridized carbons (Fsp3) is 0.200. The van der Waals surface area contributed by atoms with Crippen molar-refractivity contribution >= 4 is 23.1 Å². The molecule has 2 N–H and O–H groups in total. The molecule has 152 valence electrons. The number of oxime groups is 1. The summed E-state index contributed by atoms with van der Waals surface area (Å²) in [7, 11) is 0. The van der Waals surface area contributed by atoms with Gasteiger partial charge < -0.3 is 19.7 Å². The number of rotatable bonds is 8. The van der Waals surface area contributed by atoms with Crippen molar-refractivity contribution in [2.24, 2.45) is 5.16 Å². The number of alkyl halides is 3. The Labute approximate surface area is 163 Å². The smallest absolute Gasteiger partial charge is 0.416 e. The van der Waals surface area contributed by atoms with Crippen molar-refractivity contribution in [1.82, 2.24) is 4.98 Å². The molecule has 0 fully saturated rings. The molecule has 0 amide bonds. The second-order valence-electron chi connectivity index (χ2n) is 6.16. The second kappa shape index (κ2) is 8.68. The number of nitrogens with one attached hydrogen (secondary N) is 1. The summed E-state index contributed by atoms with van der Waals surface area (Å²) in [6.07, 6.45) is -0.588. The summed E-state index contributed by atoms with van der Waals surface area (Å²) >= 11 is 0. The third kappa shape index (κ3) is 5.50. The predicted molar refractivity (Wildman–Crippen MR) is 99.9 cm³/mol. The summed E-state index contributed by atoms with van der Waals surface area (Å²) in [6.45, 7) is -0.375. The Bertz CT molecular complexity index is 1010. The fourth-order valence-corrected chi connectivity index (χ4v) is 2.65. The maximum atomic E-state index is 12.5. The molecule has 1 aromatic heterocycles. The lowest BCUT2D eigenvalue weighted by molar-refractivity contribution is -0.139. The number of aliphatic carboxylic acids is 1. The van der Waals surface area contributed by atoms with E-state index in [0.29, 0.717) is 17.7 Å². The number of nitrogens with zero attached hydrogens (tertiary/aromatic N) is 1. The molecule has 0 aliphatic carbocycles. The van der Waals surface area contributed by atoms with E-state index >= 15 is 0 Å². The van der Waals surface area contributed by atoms with Crippen molar-refractivity contribution < 1.29 is 32.6 Å². The second-order valence-corrected chi connectivity index (χ2v) is 6.16. The van der Waals surface area contributed by atoms with Crippen molar-refractivity contribution in [3.8, 4) is 5.75 Å². The van der Waals surface area contributed by atoms with E-state index in [9.17, 15) is 18.0 Å². The van der Waals surface area contributed by atoms with Crippen LogP contribution in [-0.2, 0) is 28.8 Å². The molecule has 9 heteroatoms. The Kier molecular flexibility index (Phi) is 6.06. The van der Waals surface area contributed by atoms with Crippen LogP contribution in [0.1, 0.15) is 16.7 Å². The largest absolute Gasteiger partial charge is 0.482 e. The van der Waals surface area contributed by atoms with E-state index in [1.165, 1.54) is 18.3 Å². The standard InChI is InChI=1S/C20H17F3N2O4/c21-20(22,23)15-3-1-13(2-4-15)11-29-25-8-7-14-10-24-18-6-5-16(9-17(14)18)28-12-19(26)27/h1-6,8-10,24H,7,11-12H2,(H,26,27). The Morgan fingerprint density at radius 3 is 2.62 bits per heavy atom. The van der Waals surface area contributed by atoms with Gasteiger partial charge in [0.25, 0.3) is 0 Å². The monoisotopic (exact) mass is 406 g/mol. The van der Waals surface area contributed by atoms with Gasteiger partial charge in [0.1, 0.15) is 12.4 Å². The quantitative estimate of drug-likeness (QED) is 0.429. The number of hydrogen-bond donors (Lipinski definition) is 2. The van der Waals surface area contributed by atoms with Crippen molar-refractivity contribution in [3.05, 3.63) is 65.4 Å². The van der Waals surface area contributed by atoms with E-state index in [4.69, 9.17) is 14.7 Å². The van der Waals surface area contributed by atoms with Gasteiger partial charge in [-0.3, -0.25) is 0 Å². The van der Waals surface area contributed by atoms with Crippen LogP contribution in [0.15, 0.2) is 53.8 Å². The van der Waals surface area contributed by atoms with Crippen molar-refractivity contribution in [2.75, 3.05) is 6.61 Å². The minimum atomic E-state index is -4.37. The number of aromatic nitrogens is 1. The highest BCUT2D eigenvalue weighted by Gasteiger charge is 2.29. The van der Waals surface area contributed by atoms with Gasteiger partial charge in [0.05, 0.1) is 5.56 Å². The average Bonchev–Trinajstić information content (AvgIpc) is 3.08. The molecule has 1 heterocycles. The predicted octanol–water partition coefficient (Wildman–Crippen LogP) is 4.40. The molecule has 6 nitrogen and oxygen atoms in total. The van der Waals surface area contributed by atoms with E-state index in [2.05, 4.69) is 10.1 Å². The molecule has 0 bridgehead atoms. The number of carboxylic acids is 1. The summed E-state index contributed by atoms with van der Waals surface area (Å²) in [5.74, 6) is -0.618. The molecule has 29 heavy (non-hydrogen) atoms. The van der Waals surface area contributed by atoms with E-state index in [0.717, 1.165) is 28.6 Å². The summed E-state index contributed by atoms with van der Waals surface area (Å²) in [5, 5.41) is 13.4. The van der Waals surface area contributed by atoms with E-state index in [1.807, 2.05) is 0 Å². The van der Waals surface area contributed by atoms with E-state index < -0.39 is 24.3 Å². The van der Waals surface area contributed by atoms with Crippen LogP contribution in [0.3, 0.4) is 0 Å². The van der Waals surface area contributed by atoms with Gasteiger partial charge in [0, 0.05) is 29.7 Å². The van der Waals surface area contributed by atoms with Crippen LogP contribution >= 0.6 is 0 Å². The molecule has 0 saturated carbocycles. The van der Waals surface area contributed by atoms with Crippen LogP contribution in [-0.4, -0.2) is 28.9 Å². The Morgan fingerprint density at radius 1 is 1.17 bits per heavy atom. The van der Waals surface area contributed by atoms with Gasteiger partial charge in [-0.25, -0.2) is 4.79 Å². The molecule has 2 aromatic carbocycles. The number of aromatic amines is 1. The van der Waals surface area contributed by atoms with Crippen LogP contribution in [0.4, 0.5) is 13.2 Å². The minimum absolute atomic E-state index is 0.0513. The number of carboxylic acid groups (broad SMARTS) is 1. The Hall–Kier alpha value is -3.49. The molecule has 0 unspecified atom stereocenters. The summed E-state index contributed by atoms with van der Waals surface area (Å²) < 4.78 is 42.8. The lowest BCUT2D eigenvalue weighted by Gasteiger charge is -2.07. The molecule has 0 radical (unpaired) electrons. The minimum Gasteiger partial charge on any atom is -0.482 e. The van der Waals surface area contributed by atoms with Crippen molar-refractivity contribution in [3.63, 3.8) is 0 Å². The zero-order chi connectivity index (χ0) is 20.9. The fourth-order valence-electron chi connectivity index (χ4n) is 2.65. The third-order valence-electron chi connectivity index (χ3n) is 4.07. The maximum absolute atomic E-state index is 12.5. The van der Waals surface area contributed by atoms with E-state index in [1.54, 1.807) is 24.4 Å². The number of ether oxygens (including phenoxy) is 1. The van der Waals surface area contributed by atoms with Crippen LogP contribution in [0, 0.1) is 0 Å². The number of H-pyrrole nitrogens is 1. The Morgan fingerprint density at radius 2 is 1.93 bits per heavy atom. The highest BCUT2D eigenvalue weighted by Crippen LogP contribution is 2.29. The van der Waals surface area contributed by atoms with Gasteiger partial charge in [0.15, 0.2) is 6.61 Å².